The third kappa shape index (κ3) is 9.72. The number of imidazole rings is 1. The van der Waals surface area contributed by atoms with Crippen LogP contribution in [0.2, 0.25) is 0 Å². The number of amides is 3. The number of fused-ring (bicyclic) bond motifs is 5. The van der Waals surface area contributed by atoms with Gasteiger partial charge in [-0.05, 0) is 112 Å². The number of carbonyl (C=O) groups is 4. The number of anilines is 1. The smallest absolute Gasteiger partial charge is 0.435 e. The minimum absolute atomic E-state index is 0.00673. The van der Waals surface area contributed by atoms with E-state index in [9.17, 15) is 34.6 Å². The molecule has 3 aliphatic rings. The van der Waals surface area contributed by atoms with Crippen molar-refractivity contribution in [1.82, 2.24) is 35.0 Å². The number of ketones is 1. The molecule has 4 heterocycles. The predicted octanol–water partition coefficient (Wildman–Crippen LogP) is 6.72. The van der Waals surface area contributed by atoms with Crippen molar-refractivity contribution < 1.29 is 28.8 Å². The first-order chi connectivity index (χ1) is 31.9. The number of aromatic nitrogens is 3. The third-order valence-electron chi connectivity index (χ3n) is 13.4. The number of carbonyl (C=O) groups excluding carboxylic acids is 4. The van der Waals surface area contributed by atoms with Gasteiger partial charge in [0.25, 0.3) is 0 Å². The van der Waals surface area contributed by atoms with Gasteiger partial charge < -0.3 is 45.2 Å². The molecular formula is C50H60N10O7. The molecule has 0 unspecified atom stereocenters. The van der Waals surface area contributed by atoms with Crippen molar-refractivity contribution in [3.05, 3.63) is 98.2 Å². The van der Waals surface area contributed by atoms with E-state index in [2.05, 4.69) is 69.4 Å². The molecule has 3 N–H and O–H groups in total. The van der Waals surface area contributed by atoms with Gasteiger partial charge >= 0.3 is 12.0 Å². The summed E-state index contributed by atoms with van der Waals surface area (Å²) >= 11 is 0. The summed E-state index contributed by atoms with van der Waals surface area (Å²) in [6.07, 6.45) is 2.41. The maximum atomic E-state index is 14.1. The molecule has 352 valence electrons. The monoisotopic (exact) mass is 912 g/mol. The second-order valence-corrected chi connectivity index (χ2v) is 19.5. The molecule has 2 atom stereocenters. The molecule has 0 radical (unpaired) electrons. The Morgan fingerprint density at radius 2 is 1.81 bits per heavy atom. The van der Waals surface area contributed by atoms with Crippen LogP contribution in [-0.2, 0) is 32.7 Å². The SMILES string of the molecule is CCc1cc2c(cc1N1CCN(C(=O)CCCN3CC[C@@H](NC(=O)[C@H](CCCn4c([N+](=O)[O-])nc5ccccc54)NC(=O)OC(C)(C)C)C3)CC1)C(C)(C)c1[nH]c3cc(C#N)ccc3c1C2=O. The highest BCUT2D eigenvalue weighted by Crippen LogP contribution is 2.46. The molecule has 2 aliphatic heterocycles. The fraction of sp³-hybridized carbons (Fsp3) is 0.480. The topological polar surface area (TPSA) is 212 Å². The Balaban J connectivity index is 0.826. The molecule has 67 heavy (non-hydrogen) atoms. The number of para-hydroxylation sites is 2. The maximum absolute atomic E-state index is 14.1. The molecule has 3 amide bonds. The van der Waals surface area contributed by atoms with Crippen LogP contribution in [0.4, 0.5) is 16.4 Å². The van der Waals surface area contributed by atoms with Crippen molar-refractivity contribution in [3.8, 4) is 6.07 Å². The lowest BCUT2D eigenvalue weighted by Gasteiger charge is -2.39. The van der Waals surface area contributed by atoms with E-state index in [1.807, 2.05) is 11.0 Å². The molecule has 2 aromatic heterocycles. The number of nitrogens with zero attached hydrogens (tertiary/aromatic N) is 7. The first-order valence-corrected chi connectivity index (χ1v) is 23.4. The van der Waals surface area contributed by atoms with Crippen LogP contribution >= 0.6 is 0 Å². The van der Waals surface area contributed by atoms with Crippen LogP contribution in [0.3, 0.4) is 0 Å². The third-order valence-corrected chi connectivity index (χ3v) is 13.4. The van der Waals surface area contributed by atoms with Crippen LogP contribution in [0.1, 0.15) is 112 Å². The number of rotatable bonds is 14. The van der Waals surface area contributed by atoms with Gasteiger partial charge in [0, 0.05) is 85.0 Å². The lowest BCUT2D eigenvalue weighted by Crippen LogP contribution is -2.51. The molecule has 0 bridgehead atoms. The fourth-order valence-electron chi connectivity index (χ4n) is 10.0. The van der Waals surface area contributed by atoms with E-state index in [4.69, 9.17) is 4.74 Å². The first kappa shape index (κ1) is 46.7. The standard InChI is InChI=1S/C50H60N10O7/c1-7-32-27-35-36(50(5,6)45-43(44(35)62)34-17-16-31(29-51)26-39(34)53-45)28-41(32)57-22-24-58(25-23-57)42(61)15-11-19-56-21-18-33(30-56)52-46(63)38(55-48(64)67-49(2,3)4)13-10-20-59-40-14-9-8-12-37(40)54-47(59)60(65)66/h8-9,12,14,16-17,26-28,33,38,53H,7,10-11,13,15,18-25,30H2,1-6H3,(H,52,63)(H,55,64)/t33-,38+/m1/s1. The zero-order valence-corrected chi connectivity index (χ0v) is 39.2. The molecule has 3 aromatic carbocycles. The Bertz CT molecular complexity index is 2790. The van der Waals surface area contributed by atoms with Gasteiger partial charge in [-0.1, -0.05) is 44.0 Å². The second kappa shape index (κ2) is 18.8. The number of benzene rings is 3. The molecule has 2 fully saturated rings. The Kier molecular flexibility index (Phi) is 13.1. The van der Waals surface area contributed by atoms with Gasteiger partial charge in [0.2, 0.25) is 11.8 Å². The van der Waals surface area contributed by atoms with Crippen molar-refractivity contribution in [2.45, 2.75) is 110 Å². The van der Waals surface area contributed by atoms with Crippen LogP contribution in [0.15, 0.2) is 54.6 Å². The van der Waals surface area contributed by atoms with Gasteiger partial charge in [0.05, 0.1) is 23.7 Å². The Hall–Kier alpha value is -6.80. The quantitative estimate of drug-likeness (QED) is 0.0786. The number of likely N-dealkylation sites (tertiary alicyclic amines) is 1. The Morgan fingerprint density at radius 3 is 2.52 bits per heavy atom. The summed E-state index contributed by atoms with van der Waals surface area (Å²) in [6.45, 7) is 16.4. The van der Waals surface area contributed by atoms with Gasteiger partial charge in [-0.15, -0.1) is 0 Å². The van der Waals surface area contributed by atoms with E-state index < -0.39 is 28.1 Å². The van der Waals surface area contributed by atoms with E-state index in [1.54, 1.807) is 57.2 Å². The summed E-state index contributed by atoms with van der Waals surface area (Å²) in [5.74, 6) is -0.519. The van der Waals surface area contributed by atoms with E-state index >= 15 is 0 Å². The van der Waals surface area contributed by atoms with Crippen LogP contribution in [0.25, 0.3) is 21.9 Å². The molecular weight excluding hydrogens is 853 g/mol. The molecule has 17 heteroatoms. The molecule has 17 nitrogen and oxygen atoms in total. The minimum atomic E-state index is -0.929. The summed E-state index contributed by atoms with van der Waals surface area (Å²) in [5.41, 5.74) is 6.59. The van der Waals surface area contributed by atoms with Crippen molar-refractivity contribution in [1.29, 1.82) is 5.26 Å². The van der Waals surface area contributed by atoms with Crippen LogP contribution in [0.5, 0.6) is 0 Å². The number of nitro groups is 1. The van der Waals surface area contributed by atoms with Crippen molar-refractivity contribution in [2.24, 2.45) is 0 Å². The summed E-state index contributed by atoms with van der Waals surface area (Å²) in [5, 5.41) is 27.9. The number of nitriles is 1. The van der Waals surface area contributed by atoms with Gasteiger partial charge in [-0.25, -0.2) is 9.36 Å². The number of hydrogen-bond donors (Lipinski definition) is 3. The van der Waals surface area contributed by atoms with Crippen LogP contribution < -0.4 is 15.5 Å². The molecule has 0 saturated carbocycles. The van der Waals surface area contributed by atoms with Gasteiger partial charge in [0.1, 0.15) is 17.2 Å². The average molecular weight is 913 g/mol. The van der Waals surface area contributed by atoms with E-state index in [0.29, 0.717) is 92.7 Å². The van der Waals surface area contributed by atoms with Crippen molar-refractivity contribution >= 4 is 57.3 Å². The number of alkyl carbamates (subject to hydrolysis) is 1. The van der Waals surface area contributed by atoms with E-state index in [1.165, 1.54) is 4.57 Å². The van der Waals surface area contributed by atoms with Gasteiger partial charge in [-0.2, -0.15) is 5.26 Å². The fourth-order valence-corrected chi connectivity index (χ4v) is 10.0. The zero-order valence-electron chi connectivity index (χ0n) is 39.2. The van der Waals surface area contributed by atoms with Crippen LogP contribution in [0, 0.1) is 21.4 Å². The van der Waals surface area contributed by atoms with Crippen molar-refractivity contribution in [2.75, 3.05) is 50.7 Å². The molecule has 2 saturated heterocycles. The maximum Gasteiger partial charge on any atom is 0.435 e. The van der Waals surface area contributed by atoms with E-state index in [0.717, 1.165) is 46.4 Å². The summed E-state index contributed by atoms with van der Waals surface area (Å²) in [6, 6.07) is 17.8. The lowest BCUT2D eigenvalue weighted by atomic mass is 9.70. The number of ether oxygens (including phenoxy) is 1. The zero-order chi connectivity index (χ0) is 47.8. The lowest BCUT2D eigenvalue weighted by molar-refractivity contribution is -0.396. The van der Waals surface area contributed by atoms with E-state index in [-0.39, 0.29) is 42.6 Å². The summed E-state index contributed by atoms with van der Waals surface area (Å²) in [7, 11) is 0. The summed E-state index contributed by atoms with van der Waals surface area (Å²) < 4.78 is 6.99. The van der Waals surface area contributed by atoms with Gasteiger partial charge in [-0.3, -0.25) is 14.4 Å². The molecule has 8 rings (SSSR count). The van der Waals surface area contributed by atoms with Gasteiger partial charge in [0.15, 0.2) is 11.3 Å². The normalized spacial score (nSPS) is 17.5. The first-order valence-electron chi connectivity index (χ1n) is 23.4. The number of nitrogens with one attached hydrogen (secondary N) is 3. The number of piperazine rings is 1. The minimum Gasteiger partial charge on any atom is -0.444 e. The largest absolute Gasteiger partial charge is 0.444 e. The number of hydrogen-bond acceptors (Lipinski definition) is 11. The molecule has 5 aromatic rings. The van der Waals surface area contributed by atoms with Crippen molar-refractivity contribution in [3.63, 3.8) is 0 Å². The Labute approximate surface area is 390 Å². The number of aromatic amines is 1. The highest BCUT2D eigenvalue weighted by atomic mass is 16.6. The highest BCUT2D eigenvalue weighted by molar-refractivity contribution is 6.20. The molecule has 0 spiro atoms. The Morgan fingerprint density at radius 1 is 1.04 bits per heavy atom. The second-order valence-electron chi connectivity index (χ2n) is 19.5. The highest BCUT2D eigenvalue weighted by Gasteiger charge is 2.41. The number of aryl methyl sites for hydroxylation is 2. The predicted molar refractivity (Wildman–Crippen MR) is 254 cm³/mol. The molecule has 1 aliphatic carbocycles. The average Bonchev–Trinajstić information content (AvgIpc) is 4.02. The van der Waals surface area contributed by atoms with Crippen LogP contribution in [-0.4, -0.2) is 116 Å². The summed E-state index contributed by atoms with van der Waals surface area (Å²) in [4.78, 5) is 79.7. The number of H-pyrrole nitrogens is 1.